The summed E-state index contributed by atoms with van der Waals surface area (Å²) in [4.78, 5) is 0.400. The van der Waals surface area contributed by atoms with Crippen LogP contribution in [0.3, 0.4) is 0 Å². The average molecular weight is 255 g/mol. The maximum Gasteiger partial charge on any atom is 0.243 e. The third kappa shape index (κ3) is 2.68. The Hall–Kier alpha value is -0.910. The molecule has 1 aliphatic heterocycles. The molecule has 1 aromatic rings. The van der Waals surface area contributed by atoms with Gasteiger partial charge >= 0.3 is 0 Å². The normalized spacial score (nSPS) is 18.2. The van der Waals surface area contributed by atoms with E-state index in [0.29, 0.717) is 24.5 Å². The van der Waals surface area contributed by atoms with Crippen molar-refractivity contribution in [3.63, 3.8) is 0 Å². The first kappa shape index (κ1) is 12.5. The second-order valence-corrected chi connectivity index (χ2v) is 6.30. The molecule has 0 amide bonds. The molecular weight excluding hydrogens is 236 g/mol. The lowest BCUT2D eigenvalue weighted by Crippen LogP contribution is -2.47. The Morgan fingerprint density at radius 1 is 1.06 bits per heavy atom. The molecule has 0 bridgehead atoms. The lowest BCUT2D eigenvalue weighted by atomic mass is 10.2. The number of rotatable bonds is 3. The predicted octanol–water partition coefficient (Wildman–Crippen LogP) is 0.603. The van der Waals surface area contributed by atoms with Crippen molar-refractivity contribution in [1.29, 1.82) is 0 Å². The van der Waals surface area contributed by atoms with Gasteiger partial charge in [-0.05, 0) is 25.0 Å². The van der Waals surface area contributed by atoms with Crippen LogP contribution in [0.2, 0.25) is 0 Å². The Balaban J connectivity index is 2.23. The first-order chi connectivity index (χ1) is 8.14. The molecule has 1 saturated heterocycles. The van der Waals surface area contributed by atoms with Crippen molar-refractivity contribution in [2.45, 2.75) is 30.7 Å². The van der Waals surface area contributed by atoms with E-state index in [0.717, 1.165) is 24.8 Å². The highest BCUT2D eigenvalue weighted by Gasteiger charge is 2.25. The van der Waals surface area contributed by atoms with Gasteiger partial charge in [-0.1, -0.05) is 18.6 Å². The monoisotopic (exact) mass is 255 g/mol. The summed E-state index contributed by atoms with van der Waals surface area (Å²) in [5.74, 6) is 0. The number of quaternary nitrogens is 1. The van der Waals surface area contributed by atoms with Crippen LogP contribution in [0.25, 0.3) is 0 Å². The quantitative estimate of drug-likeness (QED) is 0.859. The maximum absolute atomic E-state index is 12.3. The van der Waals surface area contributed by atoms with Gasteiger partial charge in [0, 0.05) is 18.7 Å². The summed E-state index contributed by atoms with van der Waals surface area (Å²) >= 11 is 0. The van der Waals surface area contributed by atoms with Crippen molar-refractivity contribution in [2.24, 2.45) is 0 Å². The molecule has 0 atom stereocenters. The molecule has 3 N–H and O–H groups in total. The highest BCUT2D eigenvalue weighted by molar-refractivity contribution is 7.89. The highest BCUT2D eigenvalue weighted by atomic mass is 32.2. The van der Waals surface area contributed by atoms with Crippen LogP contribution < -0.4 is 5.73 Å². The first-order valence-corrected chi connectivity index (χ1v) is 7.47. The summed E-state index contributed by atoms with van der Waals surface area (Å²) < 4.78 is 26.2. The number of nitrogens with zero attached hydrogens (tertiary/aromatic N) is 1. The summed E-state index contributed by atoms with van der Waals surface area (Å²) in [5.41, 5.74) is 4.84. The van der Waals surface area contributed by atoms with E-state index < -0.39 is 10.0 Å². The fraction of sp³-hybridized carbons (Fsp3) is 0.500. The fourth-order valence-electron chi connectivity index (χ4n) is 2.08. The topological polar surface area (TPSA) is 65.0 Å². The molecule has 0 unspecified atom stereocenters. The highest BCUT2D eigenvalue weighted by Crippen LogP contribution is 2.20. The number of piperidine rings is 1. The largest absolute Gasteiger partial charge is 0.354 e. The van der Waals surface area contributed by atoms with E-state index in [1.165, 1.54) is 0 Å². The van der Waals surface area contributed by atoms with E-state index in [2.05, 4.69) is 5.73 Å². The minimum Gasteiger partial charge on any atom is -0.354 e. The molecule has 4 nitrogen and oxygen atoms in total. The second-order valence-electron chi connectivity index (χ2n) is 4.36. The second kappa shape index (κ2) is 5.16. The molecule has 5 heteroatoms. The predicted molar refractivity (Wildman–Crippen MR) is 65.6 cm³/mol. The Bertz CT molecular complexity index is 462. The van der Waals surface area contributed by atoms with Gasteiger partial charge in [0.1, 0.15) is 0 Å². The van der Waals surface area contributed by atoms with Crippen LogP contribution in [-0.2, 0) is 16.6 Å². The SMILES string of the molecule is [NH3+]Cc1ccc(S(=O)(=O)N2CCCCC2)cc1. The van der Waals surface area contributed by atoms with Crippen LogP contribution in [-0.4, -0.2) is 25.8 Å². The van der Waals surface area contributed by atoms with Gasteiger partial charge in [-0.3, -0.25) is 0 Å². The van der Waals surface area contributed by atoms with Crippen molar-refractivity contribution >= 4 is 10.0 Å². The molecule has 1 heterocycles. The zero-order valence-corrected chi connectivity index (χ0v) is 10.7. The molecule has 0 spiro atoms. The zero-order valence-electron chi connectivity index (χ0n) is 9.93. The van der Waals surface area contributed by atoms with Crippen LogP contribution in [0.4, 0.5) is 0 Å². The summed E-state index contributed by atoms with van der Waals surface area (Å²) in [6.45, 7) is 1.99. The third-order valence-corrected chi connectivity index (χ3v) is 5.08. The van der Waals surface area contributed by atoms with E-state index in [1.54, 1.807) is 16.4 Å². The van der Waals surface area contributed by atoms with Gasteiger partial charge in [0.2, 0.25) is 10.0 Å². The first-order valence-electron chi connectivity index (χ1n) is 6.03. The van der Waals surface area contributed by atoms with Crippen LogP contribution in [0.15, 0.2) is 29.2 Å². The van der Waals surface area contributed by atoms with E-state index in [1.807, 2.05) is 12.1 Å². The Labute approximate surface area is 102 Å². The number of hydrogen-bond acceptors (Lipinski definition) is 2. The van der Waals surface area contributed by atoms with Gasteiger partial charge in [-0.25, -0.2) is 8.42 Å². The molecule has 0 radical (unpaired) electrons. The van der Waals surface area contributed by atoms with Crippen molar-refractivity contribution in [3.8, 4) is 0 Å². The molecule has 1 aliphatic rings. The van der Waals surface area contributed by atoms with Crippen molar-refractivity contribution in [3.05, 3.63) is 29.8 Å². The number of sulfonamides is 1. The molecule has 2 rings (SSSR count). The lowest BCUT2D eigenvalue weighted by molar-refractivity contribution is -0.386. The minimum atomic E-state index is -3.27. The van der Waals surface area contributed by atoms with Crippen molar-refractivity contribution in [2.75, 3.05) is 13.1 Å². The number of benzene rings is 1. The van der Waals surface area contributed by atoms with E-state index in [4.69, 9.17) is 0 Å². The van der Waals surface area contributed by atoms with Crippen LogP contribution in [0.1, 0.15) is 24.8 Å². The standard InChI is InChI=1S/C12H18N2O2S/c13-10-11-4-6-12(7-5-11)17(15,16)14-8-2-1-3-9-14/h4-7H,1-3,8-10,13H2/p+1. The van der Waals surface area contributed by atoms with Crippen LogP contribution >= 0.6 is 0 Å². The molecule has 0 aliphatic carbocycles. The summed E-state index contributed by atoms with van der Waals surface area (Å²) in [6, 6.07) is 7.04. The molecule has 17 heavy (non-hydrogen) atoms. The molecular formula is C12H19N2O2S+. The average Bonchev–Trinajstić information content (AvgIpc) is 2.40. The van der Waals surface area contributed by atoms with Crippen LogP contribution in [0.5, 0.6) is 0 Å². The molecule has 94 valence electrons. The van der Waals surface area contributed by atoms with Gasteiger partial charge in [0.05, 0.1) is 11.4 Å². The third-order valence-electron chi connectivity index (χ3n) is 3.16. The lowest BCUT2D eigenvalue weighted by Gasteiger charge is -2.25. The maximum atomic E-state index is 12.3. The van der Waals surface area contributed by atoms with E-state index in [9.17, 15) is 8.42 Å². The zero-order chi connectivity index (χ0) is 12.3. The van der Waals surface area contributed by atoms with Gasteiger partial charge in [-0.2, -0.15) is 4.31 Å². The van der Waals surface area contributed by atoms with Gasteiger partial charge in [-0.15, -0.1) is 0 Å². The molecule has 1 aromatic carbocycles. The van der Waals surface area contributed by atoms with Crippen molar-refractivity contribution in [1.82, 2.24) is 4.31 Å². The van der Waals surface area contributed by atoms with E-state index >= 15 is 0 Å². The molecule has 0 aromatic heterocycles. The van der Waals surface area contributed by atoms with Gasteiger partial charge < -0.3 is 5.73 Å². The summed E-state index contributed by atoms with van der Waals surface area (Å²) in [6.07, 6.45) is 3.07. The van der Waals surface area contributed by atoms with Gasteiger partial charge in [0.25, 0.3) is 0 Å². The number of hydrogen-bond donors (Lipinski definition) is 1. The smallest absolute Gasteiger partial charge is 0.243 e. The van der Waals surface area contributed by atoms with Crippen LogP contribution in [0, 0.1) is 0 Å². The molecule has 1 fully saturated rings. The summed E-state index contributed by atoms with van der Waals surface area (Å²) in [7, 11) is -3.27. The van der Waals surface area contributed by atoms with Gasteiger partial charge in [0.15, 0.2) is 0 Å². The van der Waals surface area contributed by atoms with Crippen molar-refractivity contribution < 1.29 is 14.2 Å². The summed E-state index contributed by atoms with van der Waals surface area (Å²) in [5, 5.41) is 0. The van der Waals surface area contributed by atoms with E-state index in [-0.39, 0.29) is 0 Å². The Morgan fingerprint density at radius 2 is 1.65 bits per heavy atom. The Kier molecular flexibility index (Phi) is 3.81. The fourth-order valence-corrected chi connectivity index (χ4v) is 3.60. The molecule has 0 saturated carbocycles. The minimum absolute atomic E-state index is 0.400. The Morgan fingerprint density at radius 3 is 2.18 bits per heavy atom.